The molecule has 0 aliphatic rings. The lowest BCUT2D eigenvalue weighted by Crippen LogP contribution is -2.13. The number of amides is 1. The maximum Gasteiger partial charge on any atom is 0.335 e. The van der Waals surface area contributed by atoms with Crippen LogP contribution in [0.25, 0.3) is 0 Å². The van der Waals surface area contributed by atoms with E-state index in [2.05, 4.69) is 19.0 Å². The van der Waals surface area contributed by atoms with Crippen molar-refractivity contribution in [2.24, 2.45) is 0 Å². The molecule has 0 aromatic carbocycles. The standard InChI is InChI=1S/C9H6N4O3S/c14-8(6-4-11-17-13-6)12-7-3-5(9(15)16)1-2-10-7/h1-4H,(H,15,16)(H,10,12,14). The molecule has 2 heterocycles. The summed E-state index contributed by atoms with van der Waals surface area (Å²) in [5, 5.41) is 11.2. The van der Waals surface area contributed by atoms with Gasteiger partial charge in [-0.05, 0) is 12.1 Å². The summed E-state index contributed by atoms with van der Waals surface area (Å²) in [4.78, 5) is 26.1. The molecular formula is C9H6N4O3S. The minimum Gasteiger partial charge on any atom is -0.478 e. The number of carboxylic acids is 1. The van der Waals surface area contributed by atoms with Crippen LogP contribution in [0.1, 0.15) is 20.8 Å². The molecule has 2 N–H and O–H groups in total. The Labute approximate surface area is 99.5 Å². The molecule has 2 aromatic heterocycles. The molecule has 0 unspecified atom stereocenters. The number of hydrogen-bond donors (Lipinski definition) is 2. The van der Waals surface area contributed by atoms with Gasteiger partial charge in [0.15, 0.2) is 5.69 Å². The van der Waals surface area contributed by atoms with Gasteiger partial charge in [-0.15, -0.1) is 0 Å². The molecule has 86 valence electrons. The summed E-state index contributed by atoms with van der Waals surface area (Å²) in [6, 6.07) is 2.60. The first-order chi connectivity index (χ1) is 8.16. The predicted octanol–water partition coefficient (Wildman–Crippen LogP) is 0.884. The van der Waals surface area contributed by atoms with E-state index in [1.54, 1.807) is 0 Å². The van der Waals surface area contributed by atoms with E-state index in [0.29, 0.717) is 0 Å². The van der Waals surface area contributed by atoms with Crippen molar-refractivity contribution in [2.75, 3.05) is 5.32 Å². The van der Waals surface area contributed by atoms with Crippen LogP contribution in [0.4, 0.5) is 5.82 Å². The summed E-state index contributed by atoms with van der Waals surface area (Å²) in [5.74, 6) is -1.41. The van der Waals surface area contributed by atoms with E-state index in [9.17, 15) is 9.59 Å². The van der Waals surface area contributed by atoms with Gasteiger partial charge in [0, 0.05) is 6.20 Å². The molecular weight excluding hydrogens is 244 g/mol. The fourth-order valence-electron chi connectivity index (χ4n) is 1.08. The van der Waals surface area contributed by atoms with E-state index in [4.69, 9.17) is 5.11 Å². The highest BCUT2D eigenvalue weighted by atomic mass is 32.1. The molecule has 0 fully saturated rings. The highest BCUT2D eigenvalue weighted by molar-refractivity contribution is 6.99. The number of nitrogens with zero attached hydrogens (tertiary/aromatic N) is 3. The van der Waals surface area contributed by atoms with Gasteiger partial charge in [0.05, 0.1) is 23.5 Å². The van der Waals surface area contributed by atoms with Crippen molar-refractivity contribution < 1.29 is 14.7 Å². The topological polar surface area (TPSA) is 105 Å². The monoisotopic (exact) mass is 250 g/mol. The smallest absolute Gasteiger partial charge is 0.335 e. The van der Waals surface area contributed by atoms with E-state index in [1.807, 2.05) is 0 Å². The molecule has 7 nitrogen and oxygen atoms in total. The molecule has 2 aromatic rings. The van der Waals surface area contributed by atoms with E-state index in [0.717, 1.165) is 11.7 Å². The van der Waals surface area contributed by atoms with Crippen LogP contribution in [0.3, 0.4) is 0 Å². The molecule has 17 heavy (non-hydrogen) atoms. The summed E-state index contributed by atoms with van der Waals surface area (Å²) in [6.07, 6.45) is 2.62. The number of pyridine rings is 1. The van der Waals surface area contributed by atoms with Crippen molar-refractivity contribution in [3.63, 3.8) is 0 Å². The van der Waals surface area contributed by atoms with Crippen molar-refractivity contribution in [3.8, 4) is 0 Å². The molecule has 0 aliphatic heterocycles. The second-order valence-corrected chi connectivity index (χ2v) is 3.54. The Balaban J connectivity index is 2.16. The Morgan fingerprint density at radius 1 is 1.41 bits per heavy atom. The fourth-order valence-corrected chi connectivity index (χ4v) is 1.49. The summed E-state index contributed by atoms with van der Waals surface area (Å²) >= 11 is 0.911. The minimum atomic E-state index is -1.08. The Kier molecular flexibility index (Phi) is 3.06. The van der Waals surface area contributed by atoms with Crippen LogP contribution in [0.2, 0.25) is 0 Å². The summed E-state index contributed by atoms with van der Waals surface area (Å²) in [6.45, 7) is 0. The van der Waals surface area contributed by atoms with Gasteiger partial charge in [0.25, 0.3) is 5.91 Å². The minimum absolute atomic E-state index is 0.0479. The van der Waals surface area contributed by atoms with Gasteiger partial charge in [0.1, 0.15) is 5.82 Å². The highest BCUT2D eigenvalue weighted by Crippen LogP contribution is 2.08. The third-order valence-electron chi connectivity index (χ3n) is 1.84. The van der Waals surface area contributed by atoms with Crippen LogP contribution < -0.4 is 5.32 Å². The molecule has 0 saturated heterocycles. The Morgan fingerprint density at radius 2 is 2.24 bits per heavy atom. The van der Waals surface area contributed by atoms with Gasteiger partial charge >= 0.3 is 5.97 Å². The summed E-state index contributed by atoms with van der Waals surface area (Å²) in [5.41, 5.74) is 0.212. The number of carbonyl (C=O) groups excluding carboxylic acids is 1. The summed E-state index contributed by atoms with van der Waals surface area (Å²) in [7, 11) is 0. The molecule has 0 saturated carbocycles. The van der Waals surface area contributed by atoms with Gasteiger partial charge in [0.2, 0.25) is 0 Å². The molecule has 8 heteroatoms. The summed E-state index contributed by atoms with van der Waals surface area (Å²) < 4.78 is 7.43. The number of aromatic carboxylic acids is 1. The number of carboxylic acid groups (broad SMARTS) is 1. The largest absolute Gasteiger partial charge is 0.478 e. The third kappa shape index (κ3) is 2.61. The average Bonchev–Trinajstić information content (AvgIpc) is 2.82. The van der Waals surface area contributed by atoms with Crippen molar-refractivity contribution in [1.82, 2.24) is 13.7 Å². The van der Waals surface area contributed by atoms with Gasteiger partial charge in [-0.2, -0.15) is 8.75 Å². The first-order valence-electron chi connectivity index (χ1n) is 4.45. The van der Waals surface area contributed by atoms with E-state index in [1.165, 1.54) is 24.5 Å². The Morgan fingerprint density at radius 3 is 2.88 bits per heavy atom. The van der Waals surface area contributed by atoms with Gasteiger partial charge in [-0.3, -0.25) is 4.79 Å². The first kappa shape index (κ1) is 11.1. The van der Waals surface area contributed by atoms with Crippen LogP contribution in [0, 0.1) is 0 Å². The van der Waals surface area contributed by atoms with Crippen LogP contribution in [-0.4, -0.2) is 30.7 Å². The zero-order chi connectivity index (χ0) is 12.3. The van der Waals surface area contributed by atoms with Crippen LogP contribution in [-0.2, 0) is 0 Å². The average molecular weight is 250 g/mol. The Hall–Kier alpha value is -2.35. The van der Waals surface area contributed by atoms with Crippen molar-refractivity contribution in [2.45, 2.75) is 0 Å². The third-order valence-corrected chi connectivity index (χ3v) is 2.32. The van der Waals surface area contributed by atoms with Crippen molar-refractivity contribution in [3.05, 3.63) is 35.8 Å². The van der Waals surface area contributed by atoms with Crippen LogP contribution in [0.15, 0.2) is 24.5 Å². The normalized spacial score (nSPS) is 9.88. The molecule has 0 radical (unpaired) electrons. The highest BCUT2D eigenvalue weighted by Gasteiger charge is 2.11. The number of rotatable bonds is 3. The lowest BCUT2D eigenvalue weighted by Gasteiger charge is -2.02. The number of carbonyl (C=O) groups is 2. The molecule has 1 amide bonds. The quantitative estimate of drug-likeness (QED) is 0.837. The maximum absolute atomic E-state index is 11.6. The molecule has 0 aliphatic carbocycles. The molecule has 0 spiro atoms. The number of hydrogen-bond acceptors (Lipinski definition) is 6. The van der Waals surface area contributed by atoms with E-state index in [-0.39, 0.29) is 17.1 Å². The second kappa shape index (κ2) is 4.66. The Bertz CT molecular complexity index is 555. The number of anilines is 1. The SMILES string of the molecule is O=C(O)c1ccnc(NC(=O)c2cnsn2)c1. The van der Waals surface area contributed by atoms with Gasteiger partial charge < -0.3 is 10.4 Å². The lowest BCUT2D eigenvalue weighted by atomic mass is 10.2. The van der Waals surface area contributed by atoms with E-state index >= 15 is 0 Å². The van der Waals surface area contributed by atoms with Gasteiger partial charge in [-0.1, -0.05) is 0 Å². The van der Waals surface area contributed by atoms with Crippen molar-refractivity contribution in [1.29, 1.82) is 0 Å². The number of nitrogens with one attached hydrogen (secondary N) is 1. The molecule has 0 atom stereocenters. The molecule has 0 bridgehead atoms. The number of aromatic nitrogens is 3. The zero-order valence-corrected chi connectivity index (χ0v) is 9.14. The van der Waals surface area contributed by atoms with Crippen molar-refractivity contribution >= 4 is 29.4 Å². The lowest BCUT2D eigenvalue weighted by molar-refractivity contribution is 0.0696. The van der Waals surface area contributed by atoms with Crippen LogP contribution >= 0.6 is 11.7 Å². The predicted molar refractivity (Wildman–Crippen MR) is 59.1 cm³/mol. The fraction of sp³-hybridized carbons (Fsp3) is 0. The molecule has 2 rings (SSSR count). The van der Waals surface area contributed by atoms with Gasteiger partial charge in [-0.25, -0.2) is 9.78 Å². The second-order valence-electron chi connectivity index (χ2n) is 2.98. The van der Waals surface area contributed by atoms with E-state index < -0.39 is 11.9 Å². The first-order valence-corrected chi connectivity index (χ1v) is 5.18. The van der Waals surface area contributed by atoms with Crippen LogP contribution in [0.5, 0.6) is 0 Å². The zero-order valence-electron chi connectivity index (χ0n) is 8.32. The maximum atomic E-state index is 11.6.